The summed E-state index contributed by atoms with van der Waals surface area (Å²) in [4.78, 5) is 37.1. The number of benzene rings is 2. The molecular weight excluding hydrogens is 364 g/mol. The first-order valence-corrected chi connectivity index (χ1v) is 8.87. The average molecular weight is 386 g/mol. The summed E-state index contributed by atoms with van der Waals surface area (Å²) in [6.45, 7) is 5.64. The van der Waals surface area contributed by atoms with Gasteiger partial charge >= 0.3 is 11.7 Å². The Bertz CT molecular complexity index is 853. The molecule has 28 heavy (non-hydrogen) atoms. The van der Waals surface area contributed by atoms with Gasteiger partial charge in [-0.25, -0.2) is 4.79 Å². The van der Waals surface area contributed by atoms with E-state index in [9.17, 15) is 19.7 Å². The van der Waals surface area contributed by atoms with Crippen LogP contribution >= 0.6 is 0 Å². The van der Waals surface area contributed by atoms with Gasteiger partial charge in [0.05, 0.1) is 17.1 Å². The van der Waals surface area contributed by atoms with E-state index in [1.807, 2.05) is 13.0 Å². The van der Waals surface area contributed by atoms with E-state index >= 15 is 0 Å². The highest BCUT2D eigenvalue weighted by Crippen LogP contribution is 2.28. The van der Waals surface area contributed by atoms with Crippen molar-refractivity contribution in [1.82, 2.24) is 0 Å². The topological polar surface area (TPSA) is 99.0 Å². The molecule has 1 amide bonds. The van der Waals surface area contributed by atoms with Crippen LogP contribution in [-0.4, -0.2) is 36.1 Å². The Morgan fingerprint density at radius 2 is 1.82 bits per heavy atom. The van der Waals surface area contributed by atoms with Crippen molar-refractivity contribution in [2.75, 3.05) is 18.1 Å². The van der Waals surface area contributed by atoms with Crippen LogP contribution < -0.4 is 9.64 Å². The van der Waals surface area contributed by atoms with Gasteiger partial charge in [-0.2, -0.15) is 0 Å². The Hall–Kier alpha value is -3.42. The van der Waals surface area contributed by atoms with Gasteiger partial charge in [0, 0.05) is 18.3 Å². The van der Waals surface area contributed by atoms with Gasteiger partial charge in [0.1, 0.15) is 0 Å². The summed E-state index contributed by atoms with van der Waals surface area (Å²) in [5.74, 6) is -1.15. The van der Waals surface area contributed by atoms with Crippen molar-refractivity contribution in [2.45, 2.75) is 26.9 Å². The number of esters is 1. The first-order valence-electron chi connectivity index (χ1n) is 8.87. The summed E-state index contributed by atoms with van der Waals surface area (Å²) in [5.41, 5.74) is 0.321. The second-order valence-electron chi connectivity index (χ2n) is 5.84. The monoisotopic (exact) mass is 386 g/mol. The van der Waals surface area contributed by atoms with Crippen molar-refractivity contribution in [3.05, 3.63) is 64.2 Å². The molecule has 2 aromatic rings. The van der Waals surface area contributed by atoms with Crippen LogP contribution in [-0.2, 0) is 9.53 Å². The van der Waals surface area contributed by atoms with Crippen LogP contribution in [0.25, 0.3) is 0 Å². The third-order valence-corrected chi connectivity index (χ3v) is 3.97. The number of para-hydroxylation sites is 1. The normalized spacial score (nSPS) is 11.4. The number of carbonyl (C=O) groups excluding carboxylic acids is 2. The molecular formula is C20H22N2O6. The smallest absolute Gasteiger partial charge is 0.339 e. The maximum absolute atomic E-state index is 12.7. The highest BCUT2D eigenvalue weighted by Gasteiger charge is 2.26. The number of likely N-dealkylation sites (N-methyl/N-ethyl adjacent to an activating group) is 1. The molecule has 0 saturated heterocycles. The summed E-state index contributed by atoms with van der Waals surface area (Å²) < 4.78 is 10.4. The fourth-order valence-electron chi connectivity index (χ4n) is 2.64. The van der Waals surface area contributed by atoms with Gasteiger partial charge in [-0.1, -0.05) is 18.2 Å². The largest absolute Gasteiger partial charge is 0.487 e. The van der Waals surface area contributed by atoms with E-state index in [0.29, 0.717) is 12.2 Å². The van der Waals surface area contributed by atoms with E-state index in [0.717, 1.165) is 6.07 Å². The minimum absolute atomic E-state index is 0.0300. The average Bonchev–Trinajstić information content (AvgIpc) is 2.69. The van der Waals surface area contributed by atoms with Gasteiger partial charge in [-0.05, 0) is 45.0 Å². The Morgan fingerprint density at radius 3 is 2.39 bits per heavy atom. The van der Waals surface area contributed by atoms with E-state index in [2.05, 4.69) is 0 Å². The maximum Gasteiger partial charge on any atom is 0.339 e. The lowest BCUT2D eigenvalue weighted by Gasteiger charge is -2.24. The van der Waals surface area contributed by atoms with E-state index in [1.165, 1.54) is 24.0 Å². The molecule has 2 rings (SSSR count). The maximum atomic E-state index is 12.7. The molecule has 0 unspecified atom stereocenters. The zero-order valence-corrected chi connectivity index (χ0v) is 16.0. The van der Waals surface area contributed by atoms with E-state index in [-0.39, 0.29) is 29.5 Å². The molecule has 0 spiro atoms. The SMILES string of the molecule is CCOc1ccc(C(=O)O[C@H](C)C(=O)N(CC)c2ccccc2)cc1[N+](=O)[O-]. The van der Waals surface area contributed by atoms with Gasteiger partial charge < -0.3 is 14.4 Å². The number of rotatable bonds is 8. The molecule has 0 aliphatic carbocycles. The number of nitrogens with zero attached hydrogens (tertiary/aromatic N) is 2. The summed E-state index contributed by atoms with van der Waals surface area (Å²) in [5, 5.41) is 11.2. The molecule has 0 N–H and O–H groups in total. The van der Waals surface area contributed by atoms with Crippen molar-refractivity contribution in [2.24, 2.45) is 0 Å². The number of carbonyl (C=O) groups is 2. The number of hydrogen-bond acceptors (Lipinski definition) is 6. The Kier molecular flexibility index (Phi) is 7.08. The van der Waals surface area contributed by atoms with Crippen LogP contribution in [0.3, 0.4) is 0 Å². The van der Waals surface area contributed by atoms with Crippen molar-refractivity contribution >= 4 is 23.3 Å². The number of nitro benzene ring substituents is 1. The Morgan fingerprint density at radius 1 is 1.14 bits per heavy atom. The highest BCUT2D eigenvalue weighted by molar-refractivity contribution is 5.99. The molecule has 1 atom stereocenters. The molecule has 0 aliphatic heterocycles. The molecule has 2 aromatic carbocycles. The fraction of sp³-hybridized carbons (Fsp3) is 0.300. The highest BCUT2D eigenvalue weighted by atomic mass is 16.6. The molecule has 0 radical (unpaired) electrons. The molecule has 0 fully saturated rings. The second kappa shape index (κ2) is 9.50. The third kappa shape index (κ3) is 4.85. The predicted molar refractivity (Wildman–Crippen MR) is 104 cm³/mol. The number of ether oxygens (including phenoxy) is 2. The summed E-state index contributed by atoms with van der Waals surface area (Å²) in [7, 11) is 0. The van der Waals surface area contributed by atoms with E-state index < -0.39 is 17.0 Å². The summed E-state index contributed by atoms with van der Waals surface area (Å²) >= 11 is 0. The van der Waals surface area contributed by atoms with Crippen LogP contribution in [0.2, 0.25) is 0 Å². The van der Waals surface area contributed by atoms with Crippen molar-refractivity contribution in [3.8, 4) is 5.75 Å². The molecule has 0 heterocycles. The molecule has 8 nitrogen and oxygen atoms in total. The van der Waals surface area contributed by atoms with Crippen LogP contribution in [0.5, 0.6) is 5.75 Å². The summed E-state index contributed by atoms with van der Waals surface area (Å²) in [6, 6.07) is 12.8. The molecule has 148 valence electrons. The zero-order valence-electron chi connectivity index (χ0n) is 16.0. The fourth-order valence-corrected chi connectivity index (χ4v) is 2.64. The van der Waals surface area contributed by atoms with Crippen LogP contribution in [0.15, 0.2) is 48.5 Å². The lowest BCUT2D eigenvalue weighted by Crippen LogP contribution is -2.40. The number of anilines is 1. The minimum Gasteiger partial charge on any atom is -0.487 e. The van der Waals surface area contributed by atoms with Crippen molar-refractivity contribution in [1.29, 1.82) is 0 Å². The zero-order chi connectivity index (χ0) is 20.7. The first-order chi connectivity index (χ1) is 13.4. The van der Waals surface area contributed by atoms with Gasteiger partial charge in [-0.15, -0.1) is 0 Å². The molecule has 0 saturated carbocycles. The molecule has 8 heteroatoms. The minimum atomic E-state index is -1.06. The van der Waals surface area contributed by atoms with Gasteiger partial charge in [0.2, 0.25) is 0 Å². The number of hydrogen-bond donors (Lipinski definition) is 0. The lowest BCUT2D eigenvalue weighted by molar-refractivity contribution is -0.385. The van der Waals surface area contributed by atoms with Crippen LogP contribution in [0, 0.1) is 10.1 Å². The third-order valence-electron chi connectivity index (χ3n) is 3.97. The molecule has 0 aliphatic rings. The number of nitro groups is 1. The van der Waals surface area contributed by atoms with Gasteiger partial charge in [0.25, 0.3) is 5.91 Å². The van der Waals surface area contributed by atoms with Crippen molar-refractivity contribution in [3.63, 3.8) is 0 Å². The van der Waals surface area contributed by atoms with Crippen molar-refractivity contribution < 1.29 is 24.0 Å². The van der Waals surface area contributed by atoms with E-state index in [1.54, 1.807) is 31.2 Å². The summed E-state index contributed by atoms with van der Waals surface area (Å²) in [6.07, 6.45) is -1.06. The lowest BCUT2D eigenvalue weighted by atomic mass is 10.2. The molecule has 0 bridgehead atoms. The quantitative estimate of drug-likeness (QED) is 0.390. The van der Waals surface area contributed by atoms with Crippen LogP contribution in [0.4, 0.5) is 11.4 Å². The van der Waals surface area contributed by atoms with Crippen LogP contribution in [0.1, 0.15) is 31.1 Å². The second-order valence-corrected chi connectivity index (χ2v) is 5.84. The van der Waals surface area contributed by atoms with Gasteiger partial charge in [-0.3, -0.25) is 14.9 Å². The Balaban J connectivity index is 2.16. The predicted octanol–water partition coefficient (Wildman–Crippen LogP) is 3.59. The van der Waals surface area contributed by atoms with Gasteiger partial charge in [0.15, 0.2) is 11.9 Å². The number of amides is 1. The molecule has 0 aromatic heterocycles. The first kappa shape index (κ1) is 20.9. The standard InChI is InChI=1S/C20H22N2O6/c1-4-21(16-9-7-6-8-10-16)19(23)14(3)28-20(24)15-11-12-18(27-5-2)17(13-15)22(25)26/h6-14H,4-5H2,1-3H3/t14-/m1/s1. The Labute approximate surface area is 162 Å². The van der Waals surface area contributed by atoms with E-state index in [4.69, 9.17) is 9.47 Å².